The van der Waals surface area contributed by atoms with Gasteiger partial charge in [-0.15, -0.1) is 0 Å². The van der Waals surface area contributed by atoms with Gasteiger partial charge in [0.05, 0.1) is 13.2 Å². The zero-order valence-corrected chi connectivity index (χ0v) is 21.4. The van der Waals surface area contributed by atoms with Crippen LogP contribution in [0.5, 0.6) is 5.75 Å². The van der Waals surface area contributed by atoms with Crippen molar-refractivity contribution in [2.24, 2.45) is 0 Å². The van der Waals surface area contributed by atoms with Crippen molar-refractivity contribution in [1.29, 1.82) is 0 Å². The maximum absolute atomic E-state index is 14.2. The van der Waals surface area contributed by atoms with Gasteiger partial charge in [0.25, 0.3) is 0 Å². The Morgan fingerprint density at radius 2 is 1.92 bits per heavy atom. The largest absolute Gasteiger partial charge is 0.497 e. The summed E-state index contributed by atoms with van der Waals surface area (Å²) in [5.74, 6) is 0.0698. The number of halogens is 1. The fraction of sp³-hybridized carbons (Fsp3) is 0.429. The highest BCUT2D eigenvalue weighted by Gasteiger charge is 2.22. The highest BCUT2D eigenvalue weighted by molar-refractivity contribution is 5.83. The Morgan fingerprint density at radius 3 is 2.61 bits per heavy atom. The van der Waals surface area contributed by atoms with Crippen LogP contribution >= 0.6 is 0 Å². The predicted octanol–water partition coefficient (Wildman–Crippen LogP) is 4.20. The van der Waals surface area contributed by atoms with Crippen molar-refractivity contribution in [3.8, 4) is 5.75 Å². The predicted molar refractivity (Wildman–Crippen MR) is 139 cm³/mol. The summed E-state index contributed by atoms with van der Waals surface area (Å²) in [6.07, 6.45) is 0.376. The molecule has 0 bridgehead atoms. The molecule has 2 heterocycles. The average molecular weight is 496 g/mol. The van der Waals surface area contributed by atoms with Gasteiger partial charge in [0.1, 0.15) is 17.1 Å². The molecule has 36 heavy (non-hydrogen) atoms. The lowest BCUT2D eigenvalue weighted by molar-refractivity contribution is -0.121. The molecule has 0 aliphatic carbocycles. The highest BCUT2D eigenvalue weighted by atomic mass is 19.1. The number of hydrogen-bond donors (Lipinski definition) is 1. The number of ether oxygens (including phenoxy) is 1. The molecule has 1 saturated heterocycles. The maximum atomic E-state index is 14.2. The molecular formula is C28H34FN3O4. The van der Waals surface area contributed by atoms with Gasteiger partial charge in [-0.2, -0.15) is 0 Å². The number of piperazine rings is 1. The fourth-order valence-corrected chi connectivity index (χ4v) is 4.89. The van der Waals surface area contributed by atoms with E-state index in [0.717, 1.165) is 54.9 Å². The minimum atomic E-state index is -0.451. The second kappa shape index (κ2) is 11.1. The zero-order valence-electron chi connectivity index (χ0n) is 21.4. The second-order valence-corrected chi connectivity index (χ2v) is 9.27. The Labute approximate surface area is 210 Å². The van der Waals surface area contributed by atoms with Crippen molar-refractivity contribution in [2.45, 2.75) is 39.7 Å². The van der Waals surface area contributed by atoms with Crippen molar-refractivity contribution in [2.75, 3.05) is 44.7 Å². The quantitative estimate of drug-likeness (QED) is 0.472. The number of nitrogens with one attached hydrogen (secondary N) is 1. The van der Waals surface area contributed by atoms with Crippen LogP contribution in [0.2, 0.25) is 0 Å². The third-order valence-corrected chi connectivity index (χ3v) is 7.09. The smallest absolute Gasteiger partial charge is 0.339 e. The lowest BCUT2D eigenvalue weighted by atomic mass is 10.0. The fourth-order valence-electron chi connectivity index (χ4n) is 4.89. The number of carbonyl (C=O) groups is 1. The van der Waals surface area contributed by atoms with Crippen LogP contribution in [0.4, 0.5) is 10.1 Å². The van der Waals surface area contributed by atoms with Gasteiger partial charge in [0, 0.05) is 60.9 Å². The van der Waals surface area contributed by atoms with E-state index in [1.54, 1.807) is 19.2 Å². The molecule has 1 N–H and O–H groups in total. The molecule has 1 aliphatic rings. The summed E-state index contributed by atoms with van der Waals surface area (Å²) in [6, 6.07) is 9.73. The molecule has 4 rings (SSSR count). The molecule has 0 radical (unpaired) electrons. The van der Waals surface area contributed by atoms with Gasteiger partial charge >= 0.3 is 5.63 Å². The molecule has 1 atom stereocenters. The van der Waals surface area contributed by atoms with Crippen LogP contribution in [0.1, 0.15) is 43.0 Å². The Balaban J connectivity index is 1.45. The molecule has 192 valence electrons. The molecule has 1 unspecified atom stereocenters. The van der Waals surface area contributed by atoms with Crippen molar-refractivity contribution in [1.82, 2.24) is 10.2 Å². The van der Waals surface area contributed by atoms with E-state index in [2.05, 4.69) is 22.0 Å². The standard InChI is InChI=1S/C28H34FN3O4/c1-5-31-12-14-32(15-13-31)25-10-6-20(29)16-24(25)19(3)30-27(33)11-9-23-18(2)22-8-7-21(35-4)17-26(22)36-28(23)34/h6-8,10,16-17,19H,5,9,11-15H2,1-4H3,(H,30,33). The molecule has 1 fully saturated rings. The number of amides is 1. The molecule has 1 amide bonds. The molecular weight excluding hydrogens is 461 g/mol. The number of carbonyl (C=O) groups excluding carboxylic acids is 1. The van der Waals surface area contributed by atoms with Gasteiger partial charge in [-0.3, -0.25) is 4.79 Å². The summed E-state index contributed by atoms with van der Waals surface area (Å²) < 4.78 is 24.9. The lowest BCUT2D eigenvalue weighted by Crippen LogP contribution is -2.46. The summed E-state index contributed by atoms with van der Waals surface area (Å²) in [7, 11) is 1.55. The summed E-state index contributed by atoms with van der Waals surface area (Å²) in [4.78, 5) is 30.1. The van der Waals surface area contributed by atoms with Gasteiger partial charge in [0.2, 0.25) is 5.91 Å². The summed E-state index contributed by atoms with van der Waals surface area (Å²) in [5, 5.41) is 3.80. The van der Waals surface area contributed by atoms with Gasteiger partial charge < -0.3 is 24.3 Å². The number of rotatable bonds is 8. The van der Waals surface area contributed by atoms with Crippen molar-refractivity contribution >= 4 is 22.6 Å². The zero-order chi connectivity index (χ0) is 25.8. The van der Waals surface area contributed by atoms with E-state index in [4.69, 9.17) is 9.15 Å². The normalized spacial score (nSPS) is 15.2. The molecule has 0 saturated carbocycles. The number of methoxy groups -OCH3 is 1. The van der Waals surface area contributed by atoms with Gasteiger partial charge in [-0.1, -0.05) is 6.92 Å². The average Bonchev–Trinajstić information content (AvgIpc) is 2.88. The first-order valence-electron chi connectivity index (χ1n) is 12.5. The number of nitrogens with zero attached hydrogens (tertiary/aromatic N) is 2. The van der Waals surface area contributed by atoms with Crippen LogP contribution < -0.4 is 20.6 Å². The minimum absolute atomic E-state index is 0.122. The molecule has 8 heteroatoms. The van der Waals surface area contributed by atoms with Crippen LogP contribution in [0.3, 0.4) is 0 Å². The second-order valence-electron chi connectivity index (χ2n) is 9.27. The number of anilines is 1. The van der Waals surface area contributed by atoms with Crippen LogP contribution in [0.15, 0.2) is 45.6 Å². The first-order chi connectivity index (χ1) is 17.3. The highest BCUT2D eigenvalue weighted by Crippen LogP contribution is 2.29. The van der Waals surface area contributed by atoms with Gasteiger partial charge in [-0.05, 0) is 62.7 Å². The minimum Gasteiger partial charge on any atom is -0.497 e. The van der Waals surface area contributed by atoms with E-state index in [1.165, 1.54) is 12.1 Å². The maximum Gasteiger partial charge on any atom is 0.339 e. The third-order valence-electron chi connectivity index (χ3n) is 7.09. The van der Waals surface area contributed by atoms with E-state index in [0.29, 0.717) is 16.9 Å². The Hall–Kier alpha value is -3.39. The molecule has 7 nitrogen and oxygen atoms in total. The third kappa shape index (κ3) is 5.54. The van der Waals surface area contributed by atoms with E-state index in [-0.39, 0.29) is 30.6 Å². The SMILES string of the molecule is CCN1CCN(c2ccc(F)cc2C(C)NC(=O)CCc2c(C)c3ccc(OC)cc3oc2=O)CC1. The summed E-state index contributed by atoms with van der Waals surface area (Å²) in [6.45, 7) is 10.5. The Bertz CT molecular complexity index is 1300. The van der Waals surface area contributed by atoms with E-state index >= 15 is 0 Å². The molecule has 1 aromatic heterocycles. The van der Waals surface area contributed by atoms with Crippen LogP contribution in [0.25, 0.3) is 11.0 Å². The van der Waals surface area contributed by atoms with Crippen molar-refractivity contribution < 1.29 is 18.3 Å². The monoisotopic (exact) mass is 495 g/mol. The molecule has 3 aromatic rings. The van der Waals surface area contributed by atoms with Crippen LogP contribution in [-0.2, 0) is 11.2 Å². The van der Waals surface area contributed by atoms with E-state index < -0.39 is 5.63 Å². The lowest BCUT2D eigenvalue weighted by Gasteiger charge is -2.37. The Morgan fingerprint density at radius 1 is 1.17 bits per heavy atom. The number of fused-ring (bicyclic) bond motifs is 1. The number of benzene rings is 2. The molecule has 2 aromatic carbocycles. The molecule has 1 aliphatic heterocycles. The van der Waals surface area contributed by atoms with Gasteiger partial charge in [-0.25, -0.2) is 9.18 Å². The number of likely N-dealkylation sites (N-methyl/N-ethyl adjacent to an activating group) is 1. The first-order valence-corrected chi connectivity index (χ1v) is 12.5. The van der Waals surface area contributed by atoms with E-state index in [1.807, 2.05) is 26.0 Å². The number of hydrogen-bond acceptors (Lipinski definition) is 6. The van der Waals surface area contributed by atoms with E-state index in [9.17, 15) is 14.0 Å². The van der Waals surface area contributed by atoms with Crippen molar-refractivity contribution in [3.05, 3.63) is 69.3 Å². The van der Waals surface area contributed by atoms with Crippen LogP contribution in [-0.4, -0.2) is 50.6 Å². The summed E-state index contributed by atoms with van der Waals surface area (Å²) in [5.41, 5.74) is 2.98. The van der Waals surface area contributed by atoms with Crippen molar-refractivity contribution in [3.63, 3.8) is 0 Å². The van der Waals surface area contributed by atoms with Gasteiger partial charge in [0.15, 0.2) is 0 Å². The van der Waals surface area contributed by atoms with Crippen LogP contribution in [0, 0.1) is 12.7 Å². The topological polar surface area (TPSA) is 75.0 Å². The molecule has 0 spiro atoms. The number of aryl methyl sites for hydroxylation is 1. The Kier molecular flexibility index (Phi) is 7.94. The first kappa shape index (κ1) is 25.7. The summed E-state index contributed by atoms with van der Waals surface area (Å²) >= 11 is 0.